The fourth-order valence-electron chi connectivity index (χ4n) is 2.98. The molecule has 0 radical (unpaired) electrons. The van der Waals surface area contributed by atoms with E-state index in [9.17, 15) is 5.11 Å². The Morgan fingerprint density at radius 2 is 1.61 bits per heavy atom. The van der Waals surface area contributed by atoms with Gasteiger partial charge in [0.1, 0.15) is 5.75 Å². The first-order valence-corrected chi connectivity index (χ1v) is 10.8. The van der Waals surface area contributed by atoms with Crippen molar-refractivity contribution in [3.8, 4) is 5.75 Å². The number of anilines is 1. The molecule has 0 aliphatic carbocycles. The number of phenols is 1. The van der Waals surface area contributed by atoms with E-state index < -0.39 is 0 Å². The van der Waals surface area contributed by atoms with Gasteiger partial charge in [0.15, 0.2) is 0 Å². The number of thioether (sulfide) groups is 1. The fraction of sp³-hybridized carbons (Fsp3) is 0.500. The predicted octanol–water partition coefficient (Wildman–Crippen LogP) is 7.10. The van der Waals surface area contributed by atoms with Gasteiger partial charge in [0.25, 0.3) is 0 Å². The monoisotopic (exact) mass is 433 g/mol. The number of aromatic hydroxyl groups is 1. The first-order valence-electron chi connectivity index (χ1n) is 9.86. The van der Waals surface area contributed by atoms with Crippen molar-refractivity contribution in [2.24, 2.45) is 0 Å². The summed E-state index contributed by atoms with van der Waals surface area (Å²) in [6.45, 7) is 15.9. The molecule has 0 fully saturated rings. The first kappa shape index (κ1) is 25.1. The van der Waals surface area contributed by atoms with Gasteiger partial charge in [0.05, 0.1) is 0 Å². The average Bonchev–Trinajstić information content (AvgIpc) is 2.57. The summed E-state index contributed by atoms with van der Waals surface area (Å²) in [6, 6.07) is 12.7. The average molecular weight is 433 g/mol. The second kappa shape index (κ2) is 10.2. The Balaban J connectivity index is 0.00000392. The fourth-order valence-corrected chi connectivity index (χ4v) is 3.87. The molecule has 0 aliphatic heterocycles. The minimum atomic E-state index is -0.102. The van der Waals surface area contributed by atoms with Crippen LogP contribution in [-0.2, 0) is 39.1 Å². The molecule has 2 rings (SSSR count). The molecule has 2 aromatic rings. The van der Waals surface area contributed by atoms with Gasteiger partial charge in [-0.2, -0.15) is 0 Å². The van der Waals surface area contributed by atoms with Crippen molar-refractivity contribution in [3.63, 3.8) is 0 Å². The van der Waals surface area contributed by atoms with E-state index in [-0.39, 0.29) is 32.5 Å². The van der Waals surface area contributed by atoms with Crippen molar-refractivity contribution >= 4 is 17.4 Å². The zero-order valence-electron chi connectivity index (χ0n) is 18.4. The van der Waals surface area contributed by atoms with Crippen molar-refractivity contribution in [2.75, 3.05) is 11.1 Å². The molecule has 2 aromatic carbocycles. The maximum Gasteiger partial charge on any atom is 0.124 e. The Morgan fingerprint density at radius 1 is 0.964 bits per heavy atom. The molecule has 0 amide bonds. The summed E-state index contributed by atoms with van der Waals surface area (Å²) in [4.78, 5) is 1.27. The quantitative estimate of drug-likeness (QED) is 0.376. The summed E-state index contributed by atoms with van der Waals surface area (Å²) in [5.41, 5.74) is 4.30. The van der Waals surface area contributed by atoms with E-state index in [2.05, 4.69) is 90.2 Å². The number of rotatable bonds is 6. The molecule has 152 valence electrons. The number of benzene rings is 2. The second-order valence-corrected chi connectivity index (χ2v) is 10.4. The molecule has 0 atom stereocenters. The minimum Gasteiger partial charge on any atom is -0.507 e. The molecule has 2 N–H and O–H groups in total. The molecule has 4 heteroatoms. The van der Waals surface area contributed by atoms with Crippen molar-refractivity contribution < 1.29 is 26.8 Å². The van der Waals surface area contributed by atoms with Crippen LogP contribution in [0.5, 0.6) is 5.75 Å². The number of para-hydroxylation sites is 1. The molecule has 0 spiro atoms. The van der Waals surface area contributed by atoms with E-state index in [4.69, 9.17) is 0 Å². The Kier molecular flexibility index (Phi) is 9.18. The van der Waals surface area contributed by atoms with Gasteiger partial charge in [-0.25, -0.2) is 0 Å². The normalized spacial score (nSPS) is 11.8. The van der Waals surface area contributed by atoms with E-state index in [1.165, 1.54) is 10.5 Å². The van der Waals surface area contributed by atoms with E-state index in [1.54, 1.807) is 0 Å². The molecule has 0 aromatic heterocycles. The molecular weight excluding hydrogens is 398 g/mol. The molecule has 0 saturated heterocycles. The first-order chi connectivity index (χ1) is 12.5. The molecule has 0 bridgehead atoms. The van der Waals surface area contributed by atoms with Crippen LogP contribution in [-0.4, -0.2) is 10.9 Å². The summed E-state index contributed by atoms with van der Waals surface area (Å²) in [7, 11) is 0. The van der Waals surface area contributed by atoms with E-state index >= 15 is 0 Å². The standard InChI is InChI=1S/C24H35NOS.Ti/c1-8-13-27-21-12-10-9-11-20(21)25-16-17-14-18(23(2,3)4)15-19(22(17)26)24(5,6)7;/h9-12,14-15,25-26H,8,13,16H2,1-7H3;. The van der Waals surface area contributed by atoms with E-state index in [1.807, 2.05) is 11.8 Å². The third kappa shape index (κ3) is 6.57. The van der Waals surface area contributed by atoms with Crippen LogP contribution < -0.4 is 5.32 Å². The topological polar surface area (TPSA) is 32.3 Å². The van der Waals surface area contributed by atoms with Crippen LogP contribution in [0.15, 0.2) is 41.3 Å². The summed E-state index contributed by atoms with van der Waals surface area (Å²) in [5.74, 6) is 1.53. The van der Waals surface area contributed by atoms with E-state index in [0.717, 1.165) is 29.0 Å². The number of phenolic OH excluding ortho intramolecular Hbond substituents is 1. The maximum atomic E-state index is 11.0. The molecule has 0 heterocycles. The predicted molar refractivity (Wildman–Crippen MR) is 120 cm³/mol. The summed E-state index contributed by atoms with van der Waals surface area (Å²) >= 11 is 1.88. The minimum absolute atomic E-state index is 0. The smallest absolute Gasteiger partial charge is 0.124 e. The van der Waals surface area contributed by atoms with Crippen LogP contribution in [0.4, 0.5) is 5.69 Å². The van der Waals surface area contributed by atoms with Gasteiger partial charge in [-0.1, -0.05) is 66.7 Å². The Bertz CT molecular complexity index is 775. The third-order valence-corrected chi connectivity index (χ3v) is 5.96. The zero-order valence-corrected chi connectivity index (χ0v) is 20.8. The van der Waals surface area contributed by atoms with Crippen molar-refractivity contribution in [1.82, 2.24) is 0 Å². The van der Waals surface area contributed by atoms with Gasteiger partial charge in [-0.15, -0.1) is 11.8 Å². The Morgan fingerprint density at radius 3 is 2.18 bits per heavy atom. The number of nitrogens with one attached hydrogen (secondary N) is 1. The molecular formula is C24H35NOSTi. The van der Waals surface area contributed by atoms with Gasteiger partial charge in [-0.05, 0) is 52.3 Å². The molecule has 0 saturated carbocycles. The molecule has 0 unspecified atom stereocenters. The Hall–Kier alpha value is -0.896. The van der Waals surface area contributed by atoms with Gasteiger partial charge in [-0.3, -0.25) is 0 Å². The van der Waals surface area contributed by atoms with Crippen LogP contribution in [0, 0.1) is 0 Å². The van der Waals surface area contributed by atoms with Crippen LogP contribution in [0.25, 0.3) is 0 Å². The third-order valence-electron chi connectivity index (χ3n) is 4.68. The summed E-state index contributed by atoms with van der Waals surface area (Å²) < 4.78 is 0. The van der Waals surface area contributed by atoms with Crippen LogP contribution in [0.3, 0.4) is 0 Å². The van der Waals surface area contributed by atoms with Crippen molar-refractivity contribution in [1.29, 1.82) is 0 Å². The number of hydrogen-bond acceptors (Lipinski definition) is 3. The number of hydrogen-bond donors (Lipinski definition) is 2. The molecule has 2 nitrogen and oxygen atoms in total. The van der Waals surface area contributed by atoms with Crippen molar-refractivity contribution in [2.45, 2.75) is 77.2 Å². The maximum absolute atomic E-state index is 11.0. The van der Waals surface area contributed by atoms with Gasteiger partial charge in [0.2, 0.25) is 0 Å². The largest absolute Gasteiger partial charge is 0.507 e. The SMILES string of the molecule is CCCSc1ccccc1NCc1cc(C(C)(C)C)cc(C(C)(C)C)c1O.[Ti]. The summed E-state index contributed by atoms with van der Waals surface area (Å²) in [5, 5.41) is 14.5. The van der Waals surface area contributed by atoms with Crippen LogP contribution in [0.1, 0.15) is 71.6 Å². The van der Waals surface area contributed by atoms with Crippen molar-refractivity contribution in [3.05, 3.63) is 53.1 Å². The Labute approximate surface area is 190 Å². The molecule has 28 heavy (non-hydrogen) atoms. The second-order valence-electron chi connectivity index (χ2n) is 9.23. The van der Waals surface area contributed by atoms with Crippen LogP contribution >= 0.6 is 11.8 Å². The van der Waals surface area contributed by atoms with E-state index in [0.29, 0.717) is 12.3 Å². The van der Waals surface area contributed by atoms with Gasteiger partial charge in [0, 0.05) is 44.4 Å². The zero-order chi connectivity index (χ0) is 20.2. The van der Waals surface area contributed by atoms with Gasteiger partial charge < -0.3 is 10.4 Å². The molecule has 0 aliphatic rings. The van der Waals surface area contributed by atoms with Crippen LogP contribution in [0.2, 0.25) is 0 Å². The van der Waals surface area contributed by atoms with Gasteiger partial charge >= 0.3 is 0 Å². The summed E-state index contributed by atoms with van der Waals surface area (Å²) in [6.07, 6.45) is 1.16.